The molecule has 106 valence electrons. The van der Waals surface area contributed by atoms with Gasteiger partial charge in [-0.1, -0.05) is 6.92 Å². The van der Waals surface area contributed by atoms with Gasteiger partial charge in [0.15, 0.2) is 0 Å². The quantitative estimate of drug-likeness (QED) is 0.863. The Morgan fingerprint density at radius 3 is 2.90 bits per heavy atom. The van der Waals surface area contributed by atoms with Gasteiger partial charge in [-0.05, 0) is 18.6 Å². The molecular formula is C14H17N3O3. The van der Waals surface area contributed by atoms with E-state index in [-0.39, 0.29) is 24.2 Å². The van der Waals surface area contributed by atoms with Crippen LogP contribution in [-0.4, -0.2) is 38.5 Å². The Bertz CT molecular complexity index is 524. The van der Waals surface area contributed by atoms with E-state index in [2.05, 4.69) is 9.97 Å². The normalized spacial score (nSPS) is 12.1. The lowest BCUT2D eigenvalue weighted by Crippen LogP contribution is -2.42. The van der Waals surface area contributed by atoms with Crippen LogP contribution in [0.5, 0.6) is 0 Å². The van der Waals surface area contributed by atoms with Crippen molar-refractivity contribution in [3.05, 3.63) is 48.4 Å². The van der Waals surface area contributed by atoms with Crippen molar-refractivity contribution in [1.29, 1.82) is 0 Å². The summed E-state index contributed by atoms with van der Waals surface area (Å²) in [5.41, 5.74) is 0.256. The minimum Gasteiger partial charge on any atom is -0.467 e. The fourth-order valence-electron chi connectivity index (χ4n) is 1.94. The first-order valence-electron chi connectivity index (χ1n) is 6.46. The monoisotopic (exact) mass is 275 g/mol. The Kier molecular flexibility index (Phi) is 4.84. The Morgan fingerprint density at radius 2 is 2.35 bits per heavy atom. The van der Waals surface area contributed by atoms with Crippen molar-refractivity contribution in [2.24, 2.45) is 0 Å². The molecule has 6 nitrogen and oxygen atoms in total. The fourth-order valence-corrected chi connectivity index (χ4v) is 1.94. The molecule has 0 radical (unpaired) electrons. The lowest BCUT2D eigenvalue weighted by atomic mass is 10.1. The van der Waals surface area contributed by atoms with E-state index in [1.54, 1.807) is 23.3 Å². The molecule has 2 heterocycles. The number of carbonyl (C=O) groups is 1. The first-order valence-corrected chi connectivity index (χ1v) is 6.46. The van der Waals surface area contributed by atoms with Gasteiger partial charge in [0.2, 0.25) is 0 Å². The van der Waals surface area contributed by atoms with Crippen molar-refractivity contribution in [2.45, 2.75) is 25.9 Å². The summed E-state index contributed by atoms with van der Waals surface area (Å²) in [5, 5.41) is 9.46. The van der Waals surface area contributed by atoms with Crippen LogP contribution < -0.4 is 0 Å². The maximum absolute atomic E-state index is 12.5. The molecule has 0 aliphatic rings. The minimum absolute atomic E-state index is 0.108. The molecule has 0 spiro atoms. The highest BCUT2D eigenvalue weighted by molar-refractivity contribution is 5.92. The minimum atomic E-state index is -0.283. The lowest BCUT2D eigenvalue weighted by Gasteiger charge is -2.28. The zero-order valence-corrected chi connectivity index (χ0v) is 11.3. The van der Waals surface area contributed by atoms with E-state index in [0.29, 0.717) is 18.7 Å². The molecule has 20 heavy (non-hydrogen) atoms. The Labute approximate surface area is 117 Å². The maximum atomic E-state index is 12.5. The van der Waals surface area contributed by atoms with Crippen LogP contribution in [-0.2, 0) is 6.54 Å². The number of hydrogen-bond donors (Lipinski definition) is 1. The van der Waals surface area contributed by atoms with Gasteiger partial charge in [0.05, 0.1) is 31.7 Å². The number of hydrogen-bond acceptors (Lipinski definition) is 5. The molecule has 1 atom stereocenters. The molecule has 6 heteroatoms. The van der Waals surface area contributed by atoms with Crippen LogP contribution >= 0.6 is 0 Å². The van der Waals surface area contributed by atoms with Gasteiger partial charge in [-0.25, -0.2) is 4.98 Å². The number of carbonyl (C=O) groups excluding carboxylic acids is 1. The summed E-state index contributed by atoms with van der Waals surface area (Å²) in [6.45, 7) is 2.10. The summed E-state index contributed by atoms with van der Waals surface area (Å²) < 4.78 is 5.28. The largest absolute Gasteiger partial charge is 0.467 e. The summed E-state index contributed by atoms with van der Waals surface area (Å²) in [7, 11) is 0. The van der Waals surface area contributed by atoms with E-state index in [1.165, 1.54) is 18.6 Å². The van der Waals surface area contributed by atoms with E-state index in [4.69, 9.17) is 4.42 Å². The van der Waals surface area contributed by atoms with Crippen LogP contribution in [0.1, 0.15) is 29.6 Å². The van der Waals surface area contributed by atoms with Gasteiger partial charge in [0, 0.05) is 12.4 Å². The Balaban J connectivity index is 2.23. The van der Waals surface area contributed by atoms with E-state index in [0.717, 1.165) is 0 Å². The third kappa shape index (κ3) is 3.21. The molecule has 2 aromatic rings. The highest BCUT2D eigenvalue weighted by Crippen LogP contribution is 2.14. The number of aliphatic hydroxyl groups excluding tert-OH is 1. The van der Waals surface area contributed by atoms with Gasteiger partial charge in [-0.15, -0.1) is 0 Å². The Hall–Kier alpha value is -2.21. The molecule has 0 unspecified atom stereocenters. The van der Waals surface area contributed by atoms with Gasteiger partial charge in [0.1, 0.15) is 11.5 Å². The fraction of sp³-hybridized carbons (Fsp3) is 0.357. The Morgan fingerprint density at radius 1 is 1.50 bits per heavy atom. The van der Waals surface area contributed by atoms with E-state index in [1.807, 2.05) is 6.92 Å². The molecular weight excluding hydrogens is 258 g/mol. The van der Waals surface area contributed by atoms with Crippen molar-refractivity contribution in [2.75, 3.05) is 6.61 Å². The first kappa shape index (κ1) is 14.2. The zero-order chi connectivity index (χ0) is 14.4. The van der Waals surface area contributed by atoms with Gasteiger partial charge in [-0.3, -0.25) is 9.78 Å². The molecule has 0 saturated carbocycles. The SMILES string of the molecule is CC[C@H](CO)N(Cc1ccco1)C(=O)c1cnccn1. The molecule has 0 fully saturated rings. The standard InChI is InChI=1S/C14H17N3O3/c1-2-11(10-18)17(9-12-4-3-7-20-12)14(19)13-8-15-5-6-16-13/h3-8,11,18H,2,9-10H2,1H3/t11-/m1/s1. The summed E-state index contributed by atoms with van der Waals surface area (Å²) in [6, 6.07) is 3.27. The van der Waals surface area contributed by atoms with Crippen molar-refractivity contribution < 1.29 is 14.3 Å². The molecule has 0 aromatic carbocycles. The average molecular weight is 275 g/mol. The highest BCUT2D eigenvalue weighted by Gasteiger charge is 2.25. The molecule has 1 N–H and O–H groups in total. The predicted molar refractivity (Wildman–Crippen MR) is 71.8 cm³/mol. The van der Waals surface area contributed by atoms with E-state index < -0.39 is 0 Å². The van der Waals surface area contributed by atoms with Crippen LogP contribution in [0.25, 0.3) is 0 Å². The first-order chi connectivity index (χ1) is 9.76. The smallest absolute Gasteiger partial charge is 0.274 e. The molecule has 0 aliphatic heterocycles. The van der Waals surface area contributed by atoms with Gasteiger partial charge < -0.3 is 14.4 Å². The second kappa shape index (κ2) is 6.81. The summed E-state index contributed by atoms with van der Waals surface area (Å²) in [5.74, 6) is 0.393. The van der Waals surface area contributed by atoms with Crippen LogP contribution in [0.15, 0.2) is 41.4 Å². The van der Waals surface area contributed by atoms with Crippen molar-refractivity contribution in [1.82, 2.24) is 14.9 Å². The van der Waals surface area contributed by atoms with Crippen LogP contribution in [0.2, 0.25) is 0 Å². The number of amides is 1. The molecule has 2 aromatic heterocycles. The summed E-state index contributed by atoms with van der Waals surface area (Å²) >= 11 is 0. The number of aromatic nitrogens is 2. The van der Waals surface area contributed by atoms with Crippen LogP contribution in [0.3, 0.4) is 0 Å². The molecule has 0 aliphatic carbocycles. The molecule has 0 bridgehead atoms. The zero-order valence-electron chi connectivity index (χ0n) is 11.3. The van der Waals surface area contributed by atoms with Crippen LogP contribution in [0, 0.1) is 0 Å². The highest BCUT2D eigenvalue weighted by atomic mass is 16.3. The van der Waals surface area contributed by atoms with Crippen molar-refractivity contribution >= 4 is 5.91 Å². The van der Waals surface area contributed by atoms with Gasteiger partial charge in [0.25, 0.3) is 5.91 Å². The van der Waals surface area contributed by atoms with Crippen molar-refractivity contribution in [3.8, 4) is 0 Å². The van der Waals surface area contributed by atoms with Crippen LogP contribution in [0.4, 0.5) is 0 Å². The summed E-state index contributed by atoms with van der Waals surface area (Å²) in [4.78, 5) is 22.0. The summed E-state index contributed by atoms with van der Waals surface area (Å²) in [6.07, 6.45) is 6.60. The predicted octanol–water partition coefficient (Wildman–Crippen LogP) is 1.48. The number of rotatable bonds is 6. The third-order valence-corrected chi connectivity index (χ3v) is 3.07. The average Bonchev–Trinajstić information content (AvgIpc) is 3.00. The van der Waals surface area contributed by atoms with E-state index >= 15 is 0 Å². The lowest BCUT2D eigenvalue weighted by molar-refractivity contribution is 0.0538. The molecule has 1 amide bonds. The van der Waals surface area contributed by atoms with Crippen molar-refractivity contribution in [3.63, 3.8) is 0 Å². The topological polar surface area (TPSA) is 79.5 Å². The second-order valence-corrected chi connectivity index (χ2v) is 4.35. The van der Waals surface area contributed by atoms with E-state index in [9.17, 15) is 9.90 Å². The molecule has 0 saturated heterocycles. The molecule has 2 rings (SSSR count). The van der Waals surface area contributed by atoms with Gasteiger partial charge in [-0.2, -0.15) is 0 Å². The third-order valence-electron chi connectivity index (χ3n) is 3.07. The number of aliphatic hydroxyl groups is 1. The number of nitrogens with zero attached hydrogens (tertiary/aromatic N) is 3. The maximum Gasteiger partial charge on any atom is 0.274 e. The second-order valence-electron chi connectivity index (χ2n) is 4.35. The number of furan rings is 1. The van der Waals surface area contributed by atoms with Gasteiger partial charge >= 0.3 is 0 Å².